The molecule has 0 saturated carbocycles. The van der Waals surface area contributed by atoms with Crippen LogP contribution in [-0.2, 0) is 13.0 Å². The maximum atomic E-state index is 2.45. The fourth-order valence-electron chi connectivity index (χ4n) is 3.05. The highest BCUT2D eigenvalue weighted by Gasteiger charge is 2.28. The molecule has 0 aliphatic carbocycles. The van der Waals surface area contributed by atoms with Gasteiger partial charge in [0, 0.05) is 31.4 Å². The van der Waals surface area contributed by atoms with Crippen LogP contribution in [0.2, 0.25) is 0 Å². The van der Waals surface area contributed by atoms with Crippen LogP contribution in [-0.4, -0.2) is 22.0 Å². The van der Waals surface area contributed by atoms with Crippen molar-refractivity contribution in [1.29, 1.82) is 0 Å². The Morgan fingerprint density at radius 3 is 2.00 bits per heavy atom. The van der Waals surface area contributed by atoms with Gasteiger partial charge < -0.3 is 9.80 Å². The first-order valence-corrected chi connectivity index (χ1v) is 8.03. The highest BCUT2D eigenvalue weighted by Crippen LogP contribution is 2.24. The van der Waals surface area contributed by atoms with Crippen LogP contribution >= 0.6 is 0 Å². The lowest BCUT2D eigenvalue weighted by Crippen LogP contribution is -2.43. The first-order chi connectivity index (χ1) is 10.7. The summed E-state index contributed by atoms with van der Waals surface area (Å²) in [4.78, 5) is 4.90. The van der Waals surface area contributed by atoms with Gasteiger partial charge in [-0.1, -0.05) is 60.7 Å². The van der Waals surface area contributed by atoms with E-state index in [2.05, 4.69) is 96.7 Å². The molecule has 2 nitrogen and oxygen atoms in total. The van der Waals surface area contributed by atoms with Crippen molar-refractivity contribution in [2.45, 2.75) is 39.0 Å². The van der Waals surface area contributed by atoms with Crippen LogP contribution in [0.4, 0.5) is 0 Å². The zero-order valence-corrected chi connectivity index (χ0v) is 13.4. The third-order valence-electron chi connectivity index (χ3n) is 4.22. The summed E-state index contributed by atoms with van der Waals surface area (Å²) >= 11 is 0. The molecule has 1 atom stereocenters. The van der Waals surface area contributed by atoms with E-state index in [1.165, 1.54) is 11.1 Å². The molecule has 0 fully saturated rings. The van der Waals surface area contributed by atoms with Crippen LogP contribution in [0.5, 0.6) is 0 Å². The molecule has 2 heteroatoms. The van der Waals surface area contributed by atoms with Crippen molar-refractivity contribution in [3.05, 3.63) is 84.2 Å². The van der Waals surface area contributed by atoms with E-state index < -0.39 is 0 Å². The molecule has 22 heavy (non-hydrogen) atoms. The molecule has 0 spiro atoms. The Morgan fingerprint density at radius 2 is 1.41 bits per heavy atom. The number of nitrogens with zero attached hydrogens (tertiary/aromatic N) is 2. The van der Waals surface area contributed by atoms with Crippen LogP contribution in [0.1, 0.15) is 25.0 Å². The van der Waals surface area contributed by atoms with E-state index in [1.807, 2.05) is 0 Å². The van der Waals surface area contributed by atoms with Gasteiger partial charge in [-0.2, -0.15) is 0 Å². The maximum absolute atomic E-state index is 2.45. The average molecular weight is 292 g/mol. The number of hydrogen-bond acceptors (Lipinski definition) is 2. The summed E-state index contributed by atoms with van der Waals surface area (Å²) < 4.78 is 0. The zero-order valence-electron chi connectivity index (χ0n) is 13.4. The third-order valence-corrected chi connectivity index (χ3v) is 4.22. The molecule has 1 aliphatic rings. The Balaban J connectivity index is 1.77. The molecule has 2 aromatic rings. The van der Waals surface area contributed by atoms with Gasteiger partial charge in [-0.25, -0.2) is 0 Å². The molecule has 0 bridgehead atoms. The zero-order chi connectivity index (χ0) is 15.4. The summed E-state index contributed by atoms with van der Waals surface area (Å²) in [5, 5.41) is 0. The lowest BCUT2D eigenvalue weighted by molar-refractivity contribution is 0.121. The van der Waals surface area contributed by atoms with Crippen molar-refractivity contribution in [1.82, 2.24) is 9.80 Å². The van der Waals surface area contributed by atoms with E-state index in [4.69, 9.17) is 0 Å². The van der Waals surface area contributed by atoms with Crippen LogP contribution in [0.25, 0.3) is 0 Å². The minimum absolute atomic E-state index is 0.391. The van der Waals surface area contributed by atoms with Gasteiger partial charge in [0.05, 0.1) is 0 Å². The first-order valence-electron chi connectivity index (χ1n) is 8.03. The highest BCUT2D eigenvalue weighted by molar-refractivity contribution is 5.19. The molecule has 0 aromatic heterocycles. The van der Waals surface area contributed by atoms with E-state index in [0.29, 0.717) is 12.2 Å². The summed E-state index contributed by atoms with van der Waals surface area (Å²) in [5.74, 6) is 0. The molecule has 0 radical (unpaired) electrons. The normalized spacial score (nSPS) is 17.5. The smallest absolute Gasteiger partial charge is 0.105 e. The Kier molecular flexibility index (Phi) is 4.47. The van der Waals surface area contributed by atoms with E-state index in [0.717, 1.165) is 13.0 Å². The van der Waals surface area contributed by atoms with E-state index in [1.54, 1.807) is 0 Å². The summed E-state index contributed by atoms with van der Waals surface area (Å²) in [6.45, 7) is 5.47. The van der Waals surface area contributed by atoms with Crippen molar-refractivity contribution in [3.63, 3.8) is 0 Å². The van der Waals surface area contributed by atoms with Gasteiger partial charge in [0.25, 0.3) is 0 Å². The Bertz CT molecular complexity index is 604. The standard InChI is InChI=1S/C20H24N2/c1-17(2)22-14-13-21(16-19-11-7-4-8-12-19)20(22)15-18-9-5-3-6-10-18/h3-14,17,20H,15-16H2,1-2H3. The predicted octanol–water partition coefficient (Wildman–Crippen LogP) is 4.25. The minimum Gasteiger partial charge on any atom is -0.353 e. The molecular formula is C20H24N2. The Hall–Kier alpha value is -2.22. The van der Waals surface area contributed by atoms with Gasteiger partial charge in [-0.3, -0.25) is 0 Å². The van der Waals surface area contributed by atoms with Gasteiger partial charge in [0.15, 0.2) is 0 Å². The highest BCUT2D eigenvalue weighted by atomic mass is 15.4. The van der Waals surface area contributed by atoms with Crippen molar-refractivity contribution < 1.29 is 0 Å². The van der Waals surface area contributed by atoms with Gasteiger partial charge in [-0.15, -0.1) is 0 Å². The monoisotopic (exact) mass is 292 g/mol. The van der Waals surface area contributed by atoms with Crippen LogP contribution in [0.3, 0.4) is 0 Å². The van der Waals surface area contributed by atoms with Crippen molar-refractivity contribution in [3.8, 4) is 0 Å². The van der Waals surface area contributed by atoms with Crippen LogP contribution in [0.15, 0.2) is 73.1 Å². The predicted molar refractivity (Wildman–Crippen MR) is 92.0 cm³/mol. The molecule has 0 N–H and O–H groups in total. The fourth-order valence-corrected chi connectivity index (χ4v) is 3.05. The molecule has 114 valence electrons. The minimum atomic E-state index is 0.391. The van der Waals surface area contributed by atoms with Crippen molar-refractivity contribution >= 4 is 0 Å². The second-order valence-corrected chi connectivity index (χ2v) is 6.17. The maximum Gasteiger partial charge on any atom is 0.105 e. The second-order valence-electron chi connectivity index (χ2n) is 6.17. The quantitative estimate of drug-likeness (QED) is 0.812. The van der Waals surface area contributed by atoms with E-state index >= 15 is 0 Å². The second kappa shape index (κ2) is 6.69. The van der Waals surface area contributed by atoms with Gasteiger partial charge in [-0.05, 0) is 25.0 Å². The Morgan fingerprint density at radius 1 is 0.818 bits per heavy atom. The molecule has 0 amide bonds. The first kappa shape index (κ1) is 14.7. The molecule has 1 heterocycles. The van der Waals surface area contributed by atoms with Crippen LogP contribution < -0.4 is 0 Å². The van der Waals surface area contributed by atoms with Crippen molar-refractivity contribution in [2.24, 2.45) is 0 Å². The lowest BCUT2D eigenvalue weighted by Gasteiger charge is -2.35. The van der Waals surface area contributed by atoms with Gasteiger partial charge in [0.2, 0.25) is 0 Å². The number of rotatable bonds is 5. The molecule has 3 rings (SSSR count). The number of benzene rings is 2. The van der Waals surface area contributed by atoms with Crippen LogP contribution in [0, 0.1) is 0 Å². The Labute approximate surface area is 133 Å². The van der Waals surface area contributed by atoms with Gasteiger partial charge >= 0.3 is 0 Å². The van der Waals surface area contributed by atoms with Crippen molar-refractivity contribution in [2.75, 3.05) is 0 Å². The molecule has 1 aliphatic heterocycles. The number of hydrogen-bond donors (Lipinski definition) is 0. The summed E-state index contributed by atoms with van der Waals surface area (Å²) in [6, 6.07) is 22.0. The van der Waals surface area contributed by atoms with Gasteiger partial charge in [0.1, 0.15) is 6.17 Å². The summed E-state index contributed by atoms with van der Waals surface area (Å²) in [5.41, 5.74) is 2.75. The third kappa shape index (κ3) is 3.33. The SMILES string of the molecule is CC(C)N1C=CN(Cc2ccccc2)C1Cc1ccccc1. The molecule has 0 saturated heterocycles. The fraction of sp³-hybridized carbons (Fsp3) is 0.300. The topological polar surface area (TPSA) is 6.48 Å². The lowest BCUT2D eigenvalue weighted by atomic mass is 10.1. The largest absolute Gasteiger partial charge is 0.353 e. The summed E-state index contributed by atoms with van der Waals surface area (Å²) in [7, 11) is 0. The summed E-state index contributed by atoms with van der Waals surface area (Å²) in [6.07, 6.45) is 5.91. The van der Waals surface area contributed by atoms with E-state index in [-0.39, 0.29) is 0 Å². The molecule has 2 aromatic carbocycles. The van der Waals surface area contributed by atoms with E-state index in [9.17, 15) is 0 Å². The molecule has 1 unspecified atom stereocenters. The molecular weight excluding hydrogens is 268 g/mol. The average Bonchev–Trinajstić information content (AvgIpc) is 2.92.